The van der Waals surface area contributed by atoms with Crippen LogP contribution in [0.5, 0.6) is 0 Å². The summed E-state index contributed by atoms with van der Waals surface area (Å²) >= 11 is 0. The van der Waals surface area contributed by atoms with E-state index in [4.69, 9.17) is 0 Å². The van der Waals surface area contributed by atoms with Crippen molar-refractivity contribution in [2.45, 2.75) is 65.6 Å². The average Bonchev–Trinajstić information content (AvgIpc) is 2.40. The fraction of sp³-hybridized carbons (Fsp3) is 0.667. The Kier molecular flexibility index (Phi) is 4.87. The molecule has 1 aliphatic heterocycles. The molecular formula is C18H30N2. The van der Waals surface area contributed by atoms with Gasteiger partial charge in [-0.25, -0.2) is 0 Å². The molecule has 112 valence electrons. The van der Waals surface area contributed by atoms with Gasteiger partial charge >= 0.3 is 0 Å². The van der Waals surface area contributed by atoms with Gasteiger partial charge in [-0.05, 0) is 39.2 Å². The molecule has 1 N–H and O–H groups in total. The van der Waals surface area contributed by atoms with Crippen molar-refractivity contribution in [3.63, 3.8) is 0 Å². The second-order valence-electron chi connectivity index (χ2n) is 6.62. The third-order valence-corrected chi connectivity index (χ3v) is 4.92. The summed E-state index contributed by atoms with van der Waals surface area (Å²) in [6, 6.07) is 7.54. The molecule has 0 aromatic heterocycles. The minimum atomic E-state index is 0.311. The zero-order valence-electron chi connectivity index (χ0n) is 13.8. The third kappa shape index (κ3) is 3.42. The first-order valence-corrected chi connectivity index (χ1v) is 8.04. The predicted molar refractivity (Wildman–Crippen MR) is 87.1 cm³/mol. The predicted octanol–water partition coefficient (Wildman–Crippen LogP) is 3.66. The van der Waals surface area contributed by atoms with Crippen LogP contribution in [0, 0.1) is 13.8 Å². The number of rotatable bonds is 4. The third-order valence-electron chi connectivity index (χ3n) is 4.92. The van der Waals surface area contributed by atoms with Gasteiger partial charge in [0.25, 0.3) is 0 Å². The van der Waals surface area contributed by atoms with Crippen molar-refractivity contribution in [2.24, 2.45) is 0 Å². The van der Waals surface area contributed by atoms with Crippen LogP contribution in [0.2, 0.25) is 0 Å². The van der Waals surface area contributed by atoms with Crippen molar-refractivity contribution in [1.29, 1.82) is 0 Å². The highest BCUT2D eigenvalue weighted by Gasteiger charge is 2.34. The molecule has 20 heavy (non-hydrogen) atoms. The second kappa shape index (κ2) is 6.28. The van der Waals surface area contributed by atoms with Gasteiger partial charge in [0.1, 0.15) is 0 Å². The van der Waals surface area contributed by atoms with Gasteiger partial charge in [-0.15, -0.1) is 0 Å². The zero-order chi connectivity index (χ0) is 14.8. The largest absolute Gasteiger partial charge is 0.308 e. The Hall–Kier alpha value is -0.860. The van der Waals surface area contributed by atoms with Crippen molar-refractivity contribution < 1.29 is 0 Å². The molecule has 0 aliphatic carbocycles. The molecular weight excluding hydrogens is 244 g/mol. The minimum absolute atomic E-state index is 0.311. The monoisotopic (exact) mass is 274 g/mol. The number of piperazine rings is 1. The van der Waals surface area contributed by atoms with E-state index in [-0.39, 0.29) is 0 Å². The van der Waals surface area contributed by atoms with Crippen molar-refractivity contribution in [1.82, 2.24) is 10.2 Å². The van der Waals surface area contributed by atoms with E-state index in [1.807, 2.05) is 0 Å². The van der Waals surface area contributed by atoms with E-state index in [1.165, 1.54) is 29.5 Å². The zero-order valence-corrected chi connectivity index (χ0v) is 13.8. The SMILES string of the molecule is CCC1(CC)CN(Cc2cc(C)cc(C)c2)C(C)CN1. The van der Waals surface area contributed by atoms with Crippen LogP contribution < -0.4 is 5.32 Å². The molecule has 0 spiro atoms. The maximum atomic E-state index is 3.78. The highest BCUT2D eigenvalue weighted by atomic mass is 15.2. The Morgan fingerprint density at radius 2 is 1.75 bits per heavy atom. The molecule has 0 amide bonds. The van der Waals surface area contributed by atoms with Gasteiger partial charge in [0, 0.05) is 31.2 Å². The molecule has 1 aliphatic rings. The second-order valence-corrected chi connectivity index (χ2v) is 6.62. The van der Waals surface area contributed by atoms with Crippen LogP contribution in [0.1, 0.15) is 50.3 Å². The fourth-order valence-corrected chi connectivity index (χ4v) is 3.42. The van der Waals surface area contributed by atoms with E-state index < -0.39 is 0 Å². The van der Waals surface area contributed by atoms with Crippen molar-refractivity contribution in [3.8, 4) is 0 Å². The summed E-state index contributed by atoms with van der Waals surface area (Å²) < 4.78 is 0. The van der Waals surface area contributed by atoms with Crippen LogP contribution in [0.15, 0.2) is 18.2 Å². The van der Waals surface area contributed by atoms with Crippen LogP contribution in [-0.4, -0.2) is 29.6 Å². The highest BCUT2D eigenvalue weighted by Crippen LogP contribution is 2.24. The summed E-state index contributed by atoms with van der Waals surface area (Å²) in [4.78, 5) is 2.65. The number of benzene rings is 1. The van der Waals surface area contributed by atoms with Crippen molar-refractivity contribution in [2.75, 3.05) is 13.1 Å². The van der Waals surface area contributed by atoms with E-state index in [1.54, 1.807) is 0 Å². The Morgan fingerprint density at radius 1 is 1.15 bits per heavy atom. The molecule has 1 heterocycles. The number of nitrogens with zero attached hydrogens (tertiary/aromatic N) is 1. The standard InChI is InChI=1S/C18H30N2/c1-6-18(7-2)13-20(16(5)11-19-18)12-17-9-14(3)8-15(4)10-17/h8-10,16,19H,6-7,11-13H2,1-5H3. The van der Waals surface area contributed by atoms with Gasteiger partial charge in [-0.1, -0.05) is 43.2 Å². The van der Waals surface area contributed by atoms with Gasteiger partial charge in [0.15, 0.2) is 0 Å². The first-order valence-electron chi connectivity index (χ1n) is 8.04. The highest BCUT2D eigenvalue weighted by molar-refractivity contribution is 5.28. The number of nitrogens with one attached hydrogen (secondary N) is 1. The lowest BCUT2D eigenvalue weighted by atomic mass is 9.88. The summed E-state index contributed by atoms with van der Waals surface area (Å²) in [6.07, 6.45) is 2.42. The molecule has 2 nitrogen and oxygen atoms in total. The molecule has 1 aromatic rings. The van der Waals surface area contributed by atoms with E-state index >= 15 is 0 Å². The summed E-state index contributed by atoms with van der Waals surface area (Å²) in [5, 5.41) is 3.78. The molecule has 2 rings (SSSR count). The molecule has 0 radical (unpaired) electrons. The smallest absolute Gasteiger partial charge is 0.0304 e. The molecule has 1 aromatic carbocycles. The van der Waals surface area contributed by atoms with Crippen molar-refractivity contribution in [3.05, 3.63) is 34.9 Å². The fourth-order valence-electron chi connectivity index (χ4n) is 3.42. The van der Waals surface area contributed by atoms with Crippen LogP contribution in [0.4, 0.5) is 0 Å². The summed E-state index contributed by atoms with van der Waals surface area (Å²) in [5.74, 6) is 0. The Bertz CT molecular complexity index is 428. The van der Waals surface area contributed by atoms with Crippen LogP contribution in [0.3, 0.4) is 0 Å². The maximum Gasteiger partial charge on any atom is 0.0304 e. The number of hydrogen-bond donors (Lipinski definition) is 1. The van der Waals surface area contributed by atoms with Crippen LogP contribution in [0.25, 0.3) is 0 Å². The topological polar surface area (TPSA) is 15.3 Å². The molecule has 0 saturated carbocycles. The number of aryl methyl sites for hydroxylation is 2. The normalized spacial score (nSPS) is 22.9. The Balaban J connectivity index is 2.13. The lowest BCUT2D eigenvalue weighted by molar-refractivity contribution is 0.0746. The Labute approximate surface area is 124 Å². The minimum Gasteiger partial charge on any atom is -0.308 e. The van der Waals surface area contributed by atoms with Gasteiger partial charge in [-0.3, -0.25) is 4.90 Å². The Morgan fingerprint density at radius 3 is 2.30 bits per heavy atom. The molecule has 2 heteroatoms. The molecule has 1 unspecified atom stereocenters. The van der Waals surface area contributed by atoms with E-state index in [0.29, 0.717) is 11.6 Å². The van der Waals surface area contributed by atoms with Gasteiger partial charge < -0.3 is 5.32 Å². The lowest BCUT2D eigenvalue weighted by Gasteiger charge is -2.46. The van der Waals surface area contributed by atoms with Crippen LogP contribution >= 0.6 is 0 Å². The van der Waals surface area contributed by atoms with E-state index in [0.717, 1.165) is 19.6 Å². The van der Waals surface area contributed by atoms with Crippen LogP contribution in [-0.2, 0) is 6.54 Å². The molecule has 0 bridgehead atoms. The number of hydrogen-bond acceptors (Lipinski definition) is 2. The quantitative estimate of drug-likeness (QED) is 0.901. The first-order chi connectivity index (χ1) is 9.48. The summed E-state index contributed by atoms with van der Waals surface area (Å²) in [7, 11) is 0. The molecule has 1 saturated heterocycles. The van der Waals surface area contributed by atoms with Gasteiger partial charge in [0.2, 0.25) is 0 Å². The lowest BCUT2D eigenvalue weighted by Crippen LogP contribution is -2.62. The first kappa shape index (κ1) is 15.5. The van der Waals surface area contributed by atoms with Gasteiger partial charge in [-0.2, -0.15) is 0 Å². The summed E-state index contributed by atoms with van der Waals surface area (Å²) in [5.41, 5.74) is 4.52. The van der Waals surface area contributed by atoms with Gasteiger partial charge in [0.05, 0.1) is 0 Å². The molecule has 1 atom stereocenters. The molecule has 1 fully saturated rings. The van der Waals surface area contributed by atoms with E-state index in [9.17, 15) is 0 Å². The summed E-state index contributed by atoms with van der Waals surface area (Å²) in [6.45, 7) is 14.7. The van der Waals surface area contributed by atoms with Crippen molar-refractivity contribution >= 4 is 0 Å². The van der Waals surface area contributed by atoms with E-state index in [2.05, 4.69) is 63.0 Å². The average molecular weight is 274 g/mol. The maximum absolute atomic E-state index is 3.78.